The van der Waals surface area contributed by atoms with Crippen LogP contribution in [0.5, 0.6) is 5.75 Å². The Hall–Kier alpha value is -3.95. The number of piperidine rings is 1. The van der Waals surface area contributed by atoms with Gasteiger partial charge in [-0.2, -0.15) is 0 Å². The summed E-state index contributed by atoms with van der Waals surface area (Å²) in [6, 6.07) is 22.8. The largest absolute Gasteiger partial charge is 0.496 e. The lowest BCUT2D eigenvalue weighted by Gasteiger charge is -2.38. The predicted octanol–water partition coefficient (Wildman–Crippen LogP) is 6.50. The Labute approximate surface area is 271 Å². The molecule has 2 atom stereocenters. The number of fused-ring (bicyclic) bond motifs is 1. The number of benzene rings is 3. The predicted molar refractivity (Wildman–Crippen MR) is 179 cm³/mol. The van der Waals surface area contributed by atoms with Gasteiger partial charge in [-0.15, -0.1) is 0 Å². The Bertz CT molecular complexity index is 1610. The second kappa shape index (κ2) is 14.6. The molecule has 2 aliphatic rings. The Kier molecular flexibility index (Phi) is 10.2. The Balaban J connectivity index is 1.22. The molecule has 1 aromatic heterocycles. The van der Waals surface area contributed by atoms with Gasteiger partial charge in [0, 0.05) is 44.9 Å². The highest BCUT2D eigenvalue weighted by molar-refractivity contribution is 5.85. The van der Waals surface area contributed by atoms with E-state index in [4.69, 9.17) is 14.5 Å². The van der Waals surface area contributed by atoms with E-state index >= 15 is 0 Å². The van der Waals surface area contributed by atoms with Crippen LogP contribution in [0.4, 0.5) is 10.3 Å². The number of methoxy groups -OCH3 is 1. The Morgan fingerprint density at radius 2 is 1.80 bits per heavy atom. The first kappa shape index (κ1) is 32.0. The maximum atomic E-state index is 14.4. The van der Waals surface area contributed by atoms with Gasteiger partial charge in [0.05, 0.1) is 36.3 Å². The van der Waals surface area contributed by atoms with Crippen LogP contribution in [0.25, 0.3) is 11.0 Å². The van der Waals surface area contributed by atoms with Gasteiger partial charge in [-0.25, -0.2) is 9.37 Å². The van der Waals surface area contributed by atoms with E-state index in [0.717, 1.165) is 85.6 Å². The molecule has 8 nitrogen and oxygen atoms in total. The van der Waals surface area contributed by atoms with Gasteiger partial charge in [-0.05, 0) is 81.3 Å². The third kappa shape index (κ3) is 7.05. The van der Waals surface area contributed by atoms with Crippen LogP contribution >= 0.6 is 0 Å². The molecule has 2 aliphatic heterocycles. The minimum Gasteiger partial charge on any atom is -0.496 e. The van der Waals surface area contributed by atoms with Crippen molar-refractivity contribution >= 4 is 22.9 Å². The number of likely N-dealkylation sites (tertiary alicyclic amines) is 2. The molecule has 6 rings (SSSR count). The number of hydrogen-bond donors (Lipinski definition) is 1. The van der Waals surface area contributed by atoms with Crippen molar-refractivity contribution < 1.29 is 18.7 Å². The number of imidazole rings is 1. The standard InChI is InChI=1S/C37H46FN5O3/c1-3-46-25-24-43-32-12-6-5-11-31(32)39-36(43)40-34-14-8-9-21-41(34)22-19-37(26-28-15-17-30(38)18-16-28)20-23-42(35(37)44)27-29-10-4-7-13-33(29)45-2/h4-7,10-13,15-18,34H,3,8-9,14,19-27H2,1-2H3,(H,39,40). The lowest BCUT2D eigenvalue weighted by Crippen LogP contribution is -2.47. The average molecular weight is 628 g/mol. The lowest BCUT2D eigenvalue weighted by molar-refractivity contribution is -0.137. The van der Waals surface area contributed by atoms with Crippen LogP contribution in [-0.2, 0) is 29.0 Å². The van der Waals surface area contributed by atoms with Crippen LogP contribution in [0.2, 0.25) is 0 Å². The van der Waals surface area contributed by atoms with E-state index in [1.165, 1.54) is 12.1 Å². The third-order valence-electron chi connectivity index (χ3n) is 9.72. The summed E-state index contributed by atoms with van der Waals surface area (Å²) < 4.78 is 27.3. The van der Waals surface area contributed by atoms with Crippen molar-refractivity contribution in [2.75, 3.05) is 45.3 Å². The van der Waals surface area contributed by atoms with Crippen molar-refractivity contribution in [2.45, 2.75) is 64.7 Å². The fourth-order valence-electron chi connectivity index (χ4n) is 7.20. The van der Waals surface area contributed by atoms with Gasteiger partial charge in [0.1, 0.15) is 11.6 Å². The molecule has 0 aliphatic carbocycles. The number of amides is 1. The number of para-hydroxylation sites is 3. The molecule has 3 heterocycles. The average Bonchev–Trinajstić information content (AvgIpc) is 3.58. The molecule has 2 unspecified atom stereocenters. The van der Waals surface area contributed by atoms with Crippen molar-refractivity contribution in [2.24, 2.45) is 5.41 Å². The summed E-state index contributed by atoms with van der Waals surface area (Å²) in [5.41, 5.74) is 3.49. The van der Waals surface area contributed by atoms with E-state index < -0.39 is 5.41 Å². The Morgan fingerprint density at radius 1 is 1.00 bits per heavy atom. The van der Waals surface area contributed by atoms with E-state index in [9.17, 15) is 9.18 Å². The molecule has 46 heavy (non-hydrogen) atoms. The number of aromatic nitrogens is 2. The molecule has 2 saturated heterocycles. The van der Waals surface area contributed by atoms with Crippen LogP contribution in [0, 0.1) is 11.2 Å². The summed E-state index contributed by atoms with van der Waals surface area (Å²) >= 11 is 0. The van der Waals surface area contributed by atoms with Gasteiger partial charge in [0.15, 0.2) is 0 Å². The molecule has 1 N–H and O–H groups in total. The topological polar surface area (TPSA) is 71.9 Å². The van der Waals surface area contributed by atoms with E-state index in [-0.39, 0.29) is 17.9 Å². The molecule has 0 spiro atoms. The SMILES string of the molecule is CCOCCn1c(NC2CCCCN2CCC2(Cc3ccc(F)cc3)CCN(Cc3ccccc3OC)C2=O)nc2ccccc21. The van der Waals surface area contributed by atoms with E-state index in [1.807, 2.05) is 60.4 Å². The highest BCUT2D eigenvalue weighted by Gasteiger charge is 2.46. The molecule has 9 heteroatoms. The lowest BCUT2D eigenvalue weighted by atomic mass is 9.77. The maximum Gasteiger partial charge on any atom is 0.229 e. The molecular formula is C37H46FN5O3. The van der Waals surface area contributed by atoms with E-state index in [1.54, 1.807) is 7.11 Å². The van der Waals surface area contributed by atoms with Gasteiger partial charge in [0.2, 0.25) is 11.9 Å². The van der Waals surface area contributed by atoms with Crippen molar-refractivity contribution in [1.82, 2.24) is 19.4 Å². The van der Waals surface area contributed by atoms with Crippen LogP contribution in [0.3, 0.4) is 0 Å². The first-order chi connectivity index (χ1) is 22.5. The minimum absolute atomic E-state index is 0.112. The van der Waals surface area contributed by atoms with Crippen molar-refractivity contribution in [3.63, 3.8) is 0 Å². The number of anilines is 1. The highest BCUT2D eigenvalue weighted by atomic mass is 19.1. The summed E-state index contributed by atoms with van der Waals surface area (Å²) in [6.07, 6.45) is 5.46. The number of carbonyl (C=O) groups is 1. The van der Waals surface area contributed by atoms with Gasteiger partial charge in [0.25, 0.3) is 0 Å². The van der Waals surface area contributed by atoms with Crippen LogP contribution < -0.4 is 10.1 Å². The molecule has 1 amide bonds. The van der Waals surface area contributed by atoms with Crippen LogP contribution in [0.1, 0.15) is 50.2 Å². The number of ether oxygens (including phenoxy) is 2. The van der Waals surface area contributed by atoms with E-state index in [2.05, 4.69) is 26.9 Å². The minimum atomic E-state index is -0.563. The molecule has 3 aromatic carbocycles. The number of rotatable bonds is 14. The third-order valence-corrected chi connectivity index (χ3v) is 9.72. The molecule has 4 aromatic rings. The smallest absolute Gasteiger partial charge is 0.229 e. The fraction of sp³-hybridized carbons (Fsp3) is 0.459. The maximum absolute atomic E-state index is 14.4. The molecule has 2 fully saturated rings. The van der Waals surface area contributed by atoms with Gasteiger partial charge < -0.3 is 24.3 Å². The summed E-state index contributed by atoms with van der Waals surface area (Å²) in [6.45, 7) is 6.99. The number of nitrogens with zero attached hydrogens (tertiary/aromatic N) is 4. The first-order valence-electron chi connectivity index (χ1n) is 16.7. The fourth-order valence-corrected chi connectivity index (χ4v) is 7.20. The normalized spacial score (nSPS) is 20.5. The highest BCUT2D eigenvalue weighted by Crippen LogP contribution is 2.41. The summed E-state index contributed by atoms with van der Waals surface area (Å²) in [5, 5.41) is 3.80. The summed E-state index contributed by atoms with van der Waals surface area (Å²) in [7, 11) is 1.67. The van der Waals surface area contributed by atoms with Crippen molar-refractivity contribution in [3.8, 4) is 5.75 Å². The molecule has 0 radical (unpaired) electrons. The first-order valence-corrected chi connectivity index (χ1v) is 16.7. The molecular weight excluding hydrogens is 581 g/mol. The summed E-state index contributed by atoms with van der Waals surface area (Å²) in [5.74, 6) is 1.56. The molecule has 244 valence electrons. The number of hydrogen-bond acceptors (Lipinski definition) is 6. The zero-order chi connectivity index (χ0) is 31.9. The Morgan fingerprint density at radius 3 is 2.63 bits per heavy atom. The zero-order valence-corrected chi connectivity index (χ0v) is 27.1. The second-order valence-corrected chi connectivity index (χ2v) is 12.6. The monoisotopic (exact) mass is 627 g/mol. The van der Waals surface area contributed by atoms with Crippen LogP contribution in [0.15, 0.2) is 72.8 Å². The number of carbonyl (C=O) groups excluding carboxylic acids is 1. The van der Waals surface area contributed by atoms with Crippen molar-refractivity contribution in [3.05, 3.63) is 89.7 Å². The second-order valence-electron chi connectivity index (χ2n) is 12.6. The van der Waals surface area contributed by atoms with E-state index in [0.29, 0.717) is 32.7 Å². The van der Waals surface area contributed by atoms with Gasteiger partial charge in [-0.3, -0.25) is 9.69 Å². The van der Waals surface area contributed by atoms with Crippen molar-refractivity contribution in [1.29, 1.82) is 0 Å². The molecule has 0 bridgehead atoms. The quantitative estimate of drug-likeness (QED) is 0.161. The van der Waals surface area contributed by atoms with Gasteiger partial charge >= 0.3 is 0 Å². The number of halogens is 1. The number of nitrogens with one attached hydrogen (secondary N) is 1. The van der Waals surface area contributed by atoms with Crippen LogP contribution in [-0.4, -0.2) is 71.4 Å². The summed E-state index contributed by atoms with van der Waals surface area (Å²) in [4.78, 5) is 23.8. The van der Waals surface area contributed by atoms with Gasteiger partial charge in [-0.1, -0.05) is 42.5 Å². The zero-order valence-electron chi connectivity index (χ0n) is 27.1. The molecule has 0 saturated carbocycles.